The molecule has 1 N–H and O–H groups in total. The van der Waals surface area contributed by atoms with Gasteiger partial charge >= 0.3 is 0 Å². The third-order valence-electron chi connectivity index (χ3n) is 1.09. The third-order valence-corrected chi connectivity index (χ3v) is 1.79. The minimum atomic E-state index is 0.838. The molecule has 0 rings (SSSR count). The molecule has 0 amide bonds. The van der Waals surface area contributed by atoms with Gasteiger partial charge in [-0.25, -0.2) is 0 Å². The third kappa shape index (κ3) is 7.87. The Kier molecular flexibility index (Phi) is 8.75. The molecule has 58 valence electrons. The summed E-state index contributed by atoms with van der Waals surface area (Å²) < 4.78 is 0. The fraction of sp³-hybridized carbons (Fsp3) is 0.750. The first-order valence-corrected chi connectivity index (χ1v) is 4.90. The number of hydrogen-bond acceptors (Lipinski definition) is 2. The maximum atomic E-state index is 3.23. The summed E-state index contributed by atoms with van der Waals surface area (Å²) in [5.74, 6) is 7.04. The topological polar surface area (TPSA) is 12.0 Å². The Morgan fingerprint density at radius 2 is 2.30 bits per heavy atom. The van der Waals surface area contributed by atoms with Crippen LogP contribution in [0.25, 0.3) is 0 Å². The molecule has 0 saturated carbocycles. The normalized spacial score (nSPS) is 8.60. The zero-order chi connectivity index (χ0) is 7.66. The van der Waals surface area contributed by atoms with Gasteiger partial charge < -0.3 is 5.32 Å². The molecule has 10 heavy (non-hydrogen) atoms. The fourth-order valence-corrected chi connectivity index (χ4v) is 1.01. The summed E-state index contributed by atoms with van der Waals surface area (Å²) in [5, 5.41) is 3.23. The van der Waals surface area contributed by atoms with Crippen molar-refractivity contribution in [3.05, 3.63) is 0 Å². The van der Waals surface area contributed by atoms with Crippen molar-refractivity contribution < 1.29 is 0 Å². The Hall–Kier alpha value is -0.130. The van der Waals surface area contributed by atoms with Crippen molar-refractivity contribution in [2.75, 3.05) is 25.1 Å². The Bertz CT molecular complexity index is 112. The molecule has 0 aromatic carbocycles. The fourth-order valence-electron chi connectivity index (χ4n) is 0.581. The van der Waals surface area contributed by atoms with E-state index in [-0.39, 0.29) is 0 Å². The first-order chi connectivity index (χ1) is 4.91. The van der Waals surface area contributed by atoms with Crippen LogP contribution in [0.1, 0.15) is 13.3 Å². The van der Waals surface area contributed by atoms with Gasteiger partial charge in [0, 0.05) is 0 Å². The first kappa shape index (κ1) is 9.87. The van der Waals surface area contributed by atoms with Gasteiger partial charge in [0.15, 0.2) is 0 Å². The lowest BCUT2D eigenvalue weighted by molar-refractivity contribution is 0.742. The maximum absolute atomic E-state index is 3.23. The van der Waals surface area contributed by atoms with E-state index in [1.165, 1.54) is 12.2 Å². The van der Waals surface area contributed by atoms with Gasteiger partial charge in [0.05, 0.1) is 6.54 Å². The first-order valence-electron chi connectivity index (χ1n) is 3.51. The minimum absolute atomic E-state index is 0.838. The molecule has 0 fully saturated rings. The average molecular weight is 157 g/mol. The summed E-state index contributed by atoms with van der Waals surface area (Å²) in [4.78, 5) is 0. The van der Waals surface area contributed by atoms with E-state index in [1.807, 2.05) is 18.7 Å². The van der Waals surface area contributed by atoms with E-state index < -0.39 is 0 Å². The maximum Gasteiger partial charge on any atom is 0.0576 e. The standard InChI is InChI=1S/C8H15NS/c1-3-4-6-9-7-5-8-10-2/h9H,5-8H2,1-2H3. The lowest BCUT2D eigenvalue weighted by atomic mass is 10.4. The highest BCUT2D eigenvalue weighted by atomic mass is 32.2. The van der Waals surface area contributed by atoms with Gasteiger partial charge in [-0.2, -0.15) is 11.8 Å². The van der Waals surface area contributed by atoms with E-state index >= 15 is 0 Å². The molecule has 0 aromatic heterocycles. The van der Waals surface area contributed by atoms with Crippen molar-refractivity contribution in [1.29, 1.82) is 0 Å². The van der Waals surface area contributed by atoms with E-state index in [1.54, 1.807) is 0 Å². The summed E-state index contributed by atoms with van der Waals surface area (Å²) in [7, 11) is 0. The second kappa shape index (κ2) is 8.87. The van der Waals surface area contributed by atoms with Gasteiger partial charge in [0.1, 0.15) is 0 Å². The van der Waals surface area contributed by atoms with Gasteiger partial charge in [-0.1, -0.05) is 5.92 Å². The van der Waals surface area contributed by atoms with Crippen LogP contribution in [0.4, 0.5) is 0 Å². The molecular formula is C8H15NS. The van der Waals surface area contributed by atoms with Crippen molar-refractivity contribution >= 4 is 11.8 Å². The average Bonchev–Trinajstić information content (AvgIpc) is 1.97. The second-order valence-electron chi connectivity index (χ2n) is 1.95. The number of hydrogen-bond donors (Lipinski definition) is 1. The predicted octanol–water partition coefficient (Wildman–Crippen LogP) is 1.35. The van der Waals surface area contributed by atoms with Crippen LogP contribution in [0, 0.1) is 11.8 Å². The molecule has 0 spiro atoms. The Balaban J connectivity index is 2.82. The number of nitrogens with one attached hydrogen (secondary N) is 1. The summed E-state index contributed by atoms with van der Waals surface area (Å²) in [5.41, 5.74) is 0. The molecule has 0 bridgehead atoms. The minimum Gasteiger partial charge on any atom is -0.306 e. The van der Waals surface area contributed by atoms with Gasteiger partial charge in [-0.15, -0.1) is 5.92 Å². The Morgan fingerprint density at radius 1 is 1.50 bits per heavy atom. The van der Waals surface area contributed by atoms with Crippen molar-refractivity contribution in [2.24, 2.45) is 0 Å². The van der Waals surface area contributed by atoms with Crippen molar-refractivity contribution in [3.63, 3.8) is 0 Å². The molecule has 0 aromatic rings. The van der Waals surface area contributed by atoms with Gasteiger partial charge in [0.25, 0.3) is 0 Å². The van der Waals surface area contributed by atoms with Gasteiger partial charge in [0.2, 0.25) is 0 Å². The Morgan fingerprint density at radius 3 is 2.90 bits per heavy atom. The van der Waals surface area contributed by atoms with Crippen LogP contribution >= 0.6 is 11.8 Å². The summed E-state index contributed by atoms with van der Waals surface area (Å²) in [6, 6.07) is 0. The van der Waals surface area contributed by atoms with Crippen LogP contribution < -0.4 is 5.32 Å². The van der Waals surface area contributed by atoms with E-state index in [2.05, 4.69) is 23.4 Å². The predicted molar refractivity (Wildman–Crippen MR) is 49.3 cm³/mol. The largest absolute Gasteiger partial charge is 0.306 e. The lowest BCUT2D eigenvalue weighted by Crippen LogP contribution is -2.15. The molecule has 0 atom stereocenters. The highest BCUT2D eigenvalue weighted by Crippen LogP contribution is 1.92. The van der Waals surface area contributed by atoms with Crippen molar-refractivity contribution in [1.82, 2.24) is 5.32 Å². The molecule has 0 radical (unpaired) electrons. The molecule has 2 heteroatoms. The van der Waals surface area contributed by atoms with Crippen LogP contribution in [0.5, 0.6) is 0 Å². The van der Waals surface area contributed by atoms with Crippen LogP contribution in [-0.2, 0) is 0 Å². The molecule has 0 aliphatic heterocycles. The summed E-state index contributed by atoms with van der Waals surface area (Å²) >= 11 is 1.89. The van der Waals surface area contributed by atoms with Gasteiger partial charge in [-0.3, -0.25) is 0 Å². The highest BCUT2D eigenvalue weighted by Gasteiger charge is 1.82. The molecule has 0 unspecified atom stereocenters. The van der Waals surface area contributed by atoms with Crippen LogP contribution in [-0.4, -0.2) is 25.1 Å². The molecule has 0 saturated heterocycles. The lowest BCUT2D eigenvalue weighted by Gasteiger charge is -1.97. The smallest absolute Gasteiger partial charge is 0.0576 e. The van der Waals surface area contributed by atoms with Crippen LogP contribution in [0.15, 0.2) is 0 Å². The number of rotatable bonds is 5. The van der Waals surface area contributed by atoms with Gasteiger partial charge in [-0.05, 0) is 31.9 Å². The molecular weight excluding hydrogens is 142 g/mol. The molecule has 0 heterocycles. The van der Waals surface area contributed by atoms with E-state index in [0.29, 0.717) is 0 Å². The highest BCUT2D eigenvalue weighted by molar-refractivity contribution is 7.98. The SMILES string of the molecule is CC#CCNCCCSC. The summed E-state index contributed by atoms with van der Waals surface area (Å²) in [6.45, 7) is 3.80. The summed E-state index contributed by atoms with van der Waals surface area (Å²) in [6.07, 6.45) is 3.37. The zero-order valence-electron chi connectivity index (χ0n) is 6.74. The van der Waals surface area contributed by atoms with Crippen molar-refractivity contribution in [3.8, 4) is 11.8 Å². The molecule has 0 aliphatic rings. The van der Waals surface area contributed by atoms with E-state index in [4.69, 9.17) is 0 Å². The zero-order valence-corrected chi connectivity index (χ0v) is 7.55. The number of thioether (sulfide) groups is 1. The Labute approximate surface area is 68.0 Å². The molecule has 1 nitrogen and oxygen atoms in total. The van der Waals surface area contributed by atoms with Crippen LogP contribution in [0.2, 0.25) is 0 Å². The van der Waals surface area contributed by atoms with Crippen molar-refractivity contribution in [2.45, 2.75) is 13.3 Å². The molecule has 0 aliphatic carbocycles. The van der Waals surface area contributed by atoms with E-state index in [9.17, 15) is 0 Å². The van der Waals surface area contributed by atoms with Crippen LogP contribution in [0.3, 0.4) is 0 Å². The van der Waals surface area contributed by atoms with E-state index in [0.717, 1.165) is 13.1 Å². The quantitative estimate of drug-likeness (QED) is 0.477. The second-order valence-corrected chi connectivity index (χ2v) is 2.94. The monoisotopic (exact) mass is 157 g/mol.